The molecule has 2 N–H and O–H groups in total. The molecule has 6 heteroatoms. The van der Waals surface area contributed by atoms with Crippen molar-refractivity contribution in [2.45, 2.75) is 6.92 Å². The first-order chi connectivity index (χ1) is 5.54. The van der Waals surface area contributed by atoms with Crippen molar-refractivity contribution in [2.24, 2.45) is 0 Å². The number of hydrogen-bond donors (Lipinski definition) is 2. The highest BCUT2D eigenvalue weighted by Gasteiger charge is 1.94. The van der Waals surface area contributed by atoms with Crippen LogP contribution in [0, 0.1) is 11.3 Å². The molecule has 12 heavy (non-hydrogen) atoms. The van der Waals surface area contributed by atoms with Crippen LogP contribution in [0.2, 0.25) is 0 Å². The molecule has 0 fully saturated rings. The first-order valence-electron chi connectivity index (χ1n) is 2.91. The van der Waals surface area contributed by atoms with Gasteiger partial charge in [0.15, 0.2) is 6.07 Å². The van der Waals surface area contributed by atoms with Gasteiger partial charge in [-0.3, -0.25) is 4.79 Å². The molecule has 0 saturated heterocycles. The summed E-state index contributed by atoms with van der Waals surface area (Å²) in [5.41, 5.74) is 0. The smallest absolute Gasteiger partial charge is 0.411 e. The van der Waals surface area contributed by atoms with Gasteiger partial charge in [-0.15, -0.1) is 0 Å². The van der Waals surface area contributed by atoms with Crippen LogP contribution in [0.25, 0.3) is 0 Å². The minimum absolute atomic E-state index is 0.105. The van der Waals surface area contributed by atoms with E-state index in [-0.39, 0.29) is 13.2 Å². The lowest BCUT2D eigenvalue weighted by molar-refractivity contribution is -0.138. The Labute approximate surface area is 69.0 Å². The summed E-state index contributed by atoms with van der Waals surface area (Å²) in [6.45, 7) is 0.736. The normalized spacial score (nSPS) is 7.08. The van der Waals surface area contributed by atoms with E-state index >= 15 is 0 Å². The second kappa shape index (κ2) is 9.39. The number of nitriles is 1. The van der Waals surface area contributed by atoms with E-state index < -0.39 is 11.9 Å². The van der Waals surface area contributed by atoms with E-state index in [4.69, 9.17) is 20.3 Å². The summed E-state index contributed by atoms with van der Waals surface area (Å²) >= 11 is 0. The lowest BCUT2D eigenvalue weighted by Gasteiger charge is -1.91. The molecule has 0 amide bonds. The standard InChI is InChI=1S/C4H5NO3.C2H4O2/c5-3-4(7)8-2-1-6;1-2(3)4/h6H,1-2H2;1H3,(H,3,4). The molecule has 0 unspecified atom stereocenters. The highest BCUT2D eigenvalue weighted by Crippen LogP contribution is 1.71. The highest BCUT2D eigenvalue weighted by molar-refractivity contribution is 5.85. The molecule has 0 aliphatic carbocycles. The maximum atomic E-state index is 9.88. The van der Waals surface area contributed by atoms with Crippen LogP contribution in [0.3, 0.4) is 0 Å². The van der Waals surface area contributed by atoms with Gasteiger partial charge < -0.3 is 14.9 Å². The number of rotatable bonds is 2. The number of esters is 1. The monoisotopic (exact) mass is 175 g/mol. The van der Waals surface area contributed by atoms with Crippen molar-refractivity contribution in [1.82, 2.24) is 0 Å². The average Bonchev–Trinajstić information content (AvgIpc) is 1.99. The number of hydrogen-bond acceptors (Lipinski definition) is 5. The number of carbonyl (C=O) groups is 2. The number of carboxylic acid groups (broad SMARTS) is 1. The van der Waals surface area contributed by atoms with Gasteiger partial charge in [-0.2, -0.15) is 5.26 Å². The van der Waals surface area contributed by atoms with Crippen LogP contribution < -0.4 is 0 Å². The van der Waals surface area contributed by atoms with E-state index in [1.54, 1.807) is 0 Å². The van der Waals surface area contributed by atoms with Crippen LogP contribution in [0.15, 0.2) is 0 Å². The van der Waals surface area contributed by atoms with E-state index in [1.165, 1.54) is 6.07 Å². The second-order valence-corrected chi connectivity index (χ2v) is 1.49. The number of aliphatic hydroxyl groups is 1. The number of aliphatic carboxylic acids is 1. The van der Waals surface area contributed by atoms with Crippen molar-refractivity contribution in [3.8, 4) is 6.07 Å². The van der Waals surface area contributed by atoms with Gasteiger partial charge >= 0.3 is 5.97 Å². The van der Waals surface area contributed by atoms with Crippen LogP contribution in [0.1, 0.15) is 6.92 Å². The van der Waals surface area contributed by atoms with E-state index in [1.807, 2.05) is 0 Å². The summed E-state index contributed by atoms with van der Waals surface area (Å²) in [6.07, 6.45) is 0. The molecule has 0 aliphatic heterocycles. The fraction of sp³-hybridized carbons (Fsp3) is 0.500. The van der Waals surface area contributed by atoms with Crippen molar-refractivity contribution in [3.05, 3.63) is 0 Å². The van der Waals surface area contributed by atoms with Gasteiger partial charge in [0, 0.05) is 6.92 Å². The predicted molar refractivity (Wildman–Crippen MR) is 37.0 cm³/mol. The highest BCUT2D eigenvalue weighted by atomic mass is 16.5. The van der Waals surface area contributed by atoms with Crippen molar-refractivity contribution in [1.29, 1.82) is 5.26 Å². The van der Waals surface area contributed by atoms with Gasteiger partial charge in [0.25, 0.3) is 5.97 Å². The number of carboxylic acids is 1. The van der Waals surface area contributed by atoms with Crippen molar-refractivity contribution in [2.75, 3.05) is 13.2 Å². The summed E-state index contributed by atoms with van der Waals surface area (Å²) in [6, 6.07) is 1.23. The zero-order valence-corrected chi connectivity index (χ0v) is 6.48. The Morgan fingerprint density at radius 2 is 2.00 bits per heavy atom. The van der Waals surface area contributed by atoms with Crippen LogP contribution in [0.4, 0.5) is 0 Å². The number of ether oxygens (including phenoxy) is 1. The molecule has 0 rings (SSSR count). The van der Waals surface area contributed by atoms with E-state index in [0.29, 0.717) is 0 Å². The lowest BCUT2D eigenvalue weighted by Crippen LogP contribution is -2.04. The largest absolute Gasteiger partial charge is 0.481 e. The third-order valence-corrected chi connectivity index (χ3v) is 0.416. The molecule has 0 aliphatic rings. The Kier molecular flexibility index (Phi) is 10.2. The third kappa shape index (κ3) is 23.8. The fourth-order valence-corrected chi connectivity index (χ4v) is 0.171. The summed E-state index contributed by atoms with van der Waals surface area (Å²) in [5.74, 6) is -1.79. The Balaban J connectivity index is 0. The molecule has 0 spiro atoms. The van der Waals surface area contributed by atoms with Gasteiger partial charge in [0.2, 0.25) is 0 Å². The molecule has 0 heterocycles. The zero-order chi connectivity index (χ0) is 9.98. The van der Waals surface area contributed by atoms with Crippen LogP contribution in [-0.2, 0) is 14.3 Å². The van der Waals surface area contributed by atoms with E-state index in [2.05, 4.69) is 4.74 Å². The minimum Gasteiger partial charge on any atom is -0.481 e. The summed E-state index contributed by atoms with van der Waals surface area (Å²) < 4.78 is 4.09. The van der Waals surface area contributed by atoms with Crippen molar-refractivity contribution in [3.63, 3.8) is 0 Å². The quantitative estimate of drug-likeness (QED) is 0.417. The topological polar surface area (TPSA) is 108 Å². The molecule has 68 valence electrons. The maximum Gasteiger partial charge on any atom is 0.411 e. The molecular weight excluding hydrogens is 166 g/mol. The lowest BCUT2D eigenvalue weighted by atomic mass is 10.7. The second-order valence-electron chi connectivity index (χ2n) is 1.49. The molecule has 0 bridgehead atoms. The molecular formula is C6H9NO5. The first kappa shape index (κ1) is 13.0. The predicted octanol–water partition coefficient (Wildman–Crippen LogP) is -0.864. The van der Waals surface area contributed by atoms with Crippen molar-refractivity contribution >= 4 is 11.9 Å². The van der Waals surface area contributed by atoms with Gasteiger partial charge in [-0.05, 0) is 0 Å². The van der Waals surface area contributed by atoms with Crippen molar-refractivity contribution < 1.29 is 24.5 Å². The minimum atomic E-state index is -0.959. The molecule has 6 nitrogen and oxygen atoms in total. The number of carbonyl (C=O) groups excluding carboxylic acids is 1. The number of aliphatic hydroxyl groups excluding tert-OH is 1. The summed E-state index contributed by atoms with van der Waals surface area (Å²) in [5, 5.41) is 23.2. The maximum absolute atomic E-state index is 9.88. The Morgan fingerprint density at radius 1 is 1.58 bits per heavy atom. The summed E-state index contributed by atoms with van der Waals surface area (Å²) in [4.78, 5) is 18.9. The molecule has 0 aromatic rings. The third-order valence-electron chi connectivity index (χ3n) is 0.416. The van der Waals surface area contributed by atoms with Gasteiger partial charge in [0.1, 0.15) is 6.61 Å². The van der Waals surface area contributed by atoms with Crippen LogP contribution in [-0.4, -0.2) is 35.4 Å². The SMILES string of the molecule is CC(=O)O.N#CC(=O)OCCO. The summed E-state index contributed by atoms with van der Waals surface area (Å²) in [7, 11) is 0. The number of nitrogens with zero attached hydrogens (tertiary/aromatic N) is 1. The molecule has 0 atom stereocenters. The fourth-order valence-electron chi connectivity index (χ4n) is 0.171. The van der Waals surface area contributed by atoms with Gasteiger partial charge in [0.05, 0.1) is 6.61 Å². The Morgan fingerprint density at radius 3 is 2.25 bits per heavy atom. The van der Waals surface area contributed by atoms with E-state index in [9.17, 15) is 4.79 Å². The van der Waals surface area contributed by atoms with Gasteiger partial charge in [-0.25, -0.2) is 4.79 Å². The molecule has 0 saturated carbocycles. The Hall–Kier alpha value is -1.61. The first-order valence-corrected chi connectivity index (χ1v) is 2.91. The van der Waals surface area contributed by atoms with Crippen LogP contribution >= 0.6 is 0 Å². The molecule has 0 radical (unpaired) electrons. The van der Waals surface area contributed by atoms with Gasteiger partial charge in [-0.1, -0.05) is 0 Å². The molecule has 0 aromatic carbocycles. The van der Waals surface area contributed by atoms with E-state index in [0.717, 1.165) is 6.92 Å². The molecule has 0 aromatic heterocycles. The average molecular weight is 175 g/mol. The van der Waals surface area contributed by atoms with Crippen LogP contribution in [0.5, 0.6) is 0 Å². The zero-order valence-electron chi connectivity index (χ0n) is 6.48. The Bertz CT molecular complexity index is 179.